The molecule has 14 rings (SSSR count). The lowest BCUT2D eigenvalue weighted by Crippen LogP contribution is -2.38. The van der Waals surface area contributed by atoms with Crippen LogP contribution in [-0.4, -0.2) is 242 Å². The van der Waals surface area contributed by atoms with Gasteiger partial charge in [0, 0.05) is 111 Å². The van der Waals surface area contributed by atoms with Crippen LogP contribution in [-0.2, 0) is 9.47 Å². The summed E-state index contributed by atoms with van der Waals surface area (Å²) < 4.78 is 66.8. The van der Waals surface area contributed by atoms with Gasteiger partial charge in [-0.2, -0.15) is 38.7 Å². The number of methoxy groups -OCH3 is 6. The van der Waals surface area contributed by atoms with E-state index in [1.165, 1.54) is 18.7 Å². The third-order valence-electron chi connectivity index (χ3n) is 17.7. The van der Waals surface area contributed by atoms with E-state index in [-0.39, 0.29) is 29.7 Å². The molecule has 4 aromatic carbocycles. The van der Waals surface area contributed by atoms with Gasteiger partial charge in [-0.1, -0.05) is 38.1 Å². The molecule has 10 heterocycles. The summed E-state index contributed by atoms with van der Waals surface area (Å²) in [5.74, 6) is 10.3. The molecule has 2 aliphatic rings. The first-order valence-electron chi connectivity index (χ1n) is 37.4. The van der Waals surface area contributed by atoms with E-state index in [2.05, 4.69) is 110 Å². The molecule has 8 aromatic heterocycles. The number of hydrogen-bond donors (Lipinski definition) is 8. The van der Waals surface area contributed by atoms with Gasteiger partial charge in [0.1, 0.15) is 19.0 Å². The van der Waals surface area contributed by atoms with Gasteiger partial charge in [-0.15, -0.1) is 20.4 Å². The Hall–Kier alpha value is -13.6. The number of benzene rings is 4. The van der Waals surface area contributed by atoms with Crippen LogP contribution in [0, 0.1) is 0 Å². The number of aromatic nitrogens is 16. The van der Waals surface area contributed by atoms with Gasteiger partial charge in [0.25, 0.3) is 0 Å². The molecular formula is C78H99N27O11. The molecule has 12 aromatic rings. The van der Waals surface area contributed by atoms with Crippen molar-refractivity contribution in [1.29, 1.82) is 0 Å². The molecule has 38 heteroatoms. The van der Waals surface area contributed by atoms with Crippen molar-refractivity contribution in [3.63, 3.8) is 0 Å². The fourth-order valence-corrected chi connectivity index (χ4v) is 11.7. The van der Waals surface area contributed by atoms with Gasteiger partial charge in [-0.25, -0.2) is 19.9 Å². The van der Waals surface area contributed by atoms with Gasteiger partial charge in [-0.3, -0.25) is 9.80 Å². The Labute approximate surface area is 671 Å². The number of rotatable bonds is 34. The van der Waals surface area contributed by atoms with E-state index in [1.54, 1.807) is 91.7 Å². The van der Waals surface area contributed by atoms with Gasteiger partial charge >= 0.3 is 0 Å². The van der Waals surface area contributed by atoms with Gasteiger partial charge in [-0.05, 0) is 117 Å². The van der Waals surface area contributed by atoms with Crippen molar-refractivity contribution in [2.45, 2.75) is 26.7 Å². The lowest BCUT2D eigenvalue weighted by molar-refractivity contribution is 0.0321. The maximum atomic E-state index is 5.99. The maximum Gasteiger partial charge on any atom is 0.249 e. The number of unbranched alkanes of at least 4 members (excludes halogenated alkanes) is 1. The van der Waals surface area contributed by atoms with Crippen LogP contribution in [0.25, 0.3) is 23.3 Å². The van der Waals surface area contributed by atoms with Gasteiger partial charge in [0.05, 0.1) is 81.4 Å². The Morgan fingerprint density at radius 1 is 0.379 bits per heavy atom. The molecule has 0 unspecified atom stereocenters. The van der Waals surface area contributed by atoms with Crippen LogP contribution < -0.4 is 86.8 Å². The number of anilines is 12. The van der Waals surface area contributed by atoms with Crippen molar-refractivity contribution in [2.24, 2.45) is 0 Å². The number of nitrogens with zero attached hydrogens (tertiary/aromatic N) is 19. The summed E-state index contributed by atoms with van der Waals surface area (Å²) in [4.78, 5) is 41.0. The minimum Gasteiger partial charge on any atom is -0.497 e. The van der Waals surface area contributed by atoms with Crippen LogP contribution >= 0.6 is 0 Å². The van der Waals surface area contributed by atoms with Crippen LogP contribution in [0.5, 0.6) is 51.7 Å². The SMILES string of the molecule is CCN(CC)CCOc1ccc(Nc2nc(N)n(-c3ccccn3)n2)cc1OC.COc1cc(Nc2nc(N)n(-c3ccccn3)n2)c(OC)c(OC)c1.COc1cc(Nc2nc(N)n(-c3ccccn3)n2)ccc1OCCCCN1CCOCC1.COc1cc(Nc2nc(N)n(-c3ccccn3)n2)ccc1OCCN1CCOCC1. The monoisotopic (exact) mass is 1590 g/mol. The van der Waals surface area contributed by atoms with E-state index in [4.69, 9.17) is 75.0 Å². The zero-order chi connectivity index (χ0) is 81.4. The number of nitrogen functional groups attached to an aromatic ring is 4. The molecule has 0 atom stereocenters. The maximum absolute atomic E-state index is 5.99. The largest absolute Gasteiger partial charge is 0.497 e. The Balaban J connectivity index is 0.000000153. The second kappa shape index (κ2) is 42.9. The molecule has 0 aliphatic carbocycles. The minimum atomic E-state index is 0.204. The molecule has 38 nitrogen and oxygen atoms in total. The highest BCUT2D eigenvalue weighted by Crippen LogP contribution is 2.41. The second-order valence-electron chi connectivity index (χ2n) is 25.3. The van der Waals surface area contributed by atoms with Crippen LogP contribution in [0.2, 0.25) is 0 Å². The normalized spacial score (nSPS) is 12.6. The van der Waals surface area contributed by atoms with Crippen LogP contribution in [0.1, 0.15) is 26.7 Å². The van der Waals surface area contributed by atoms with Crippen LogP contribution in [0.15, 0.2) is 164 Å². The molecule has 0 amide bonds. The molecule has 0 spiro atoms. The summed E-state index contributed by atoms with van der Waals surface area (Å²) in [5, 5.41) is 29.9. The van der Waals surface area contributed by atoms with E-state index in [9.17, 15) is 0 Å². The molecule has 2 saturated heterocycles. The first-order valence-corrected chi connectivity index (χ1v) is 37.4. The number of nitrogens with two attached hydrogens (primary N) is 4. The van der Waals surface area contributed by atoms with Gasteiger partial charge in [0.2, 0.25) is 47.6 Å². The Morgan fingerprint density at radius 3 is 1.10 bits per heavy atom. The molecule has 0 radical (unpaired) electrons. The predicted molar refractivity (Wildman–Crippen MR) is 441 cm³/mol. The topological polar surface area (TPSA) is 438 Å². The van der Waals surface area contributed by atoms with E-state index in [1.807, 2.05) is 115 Å². The summed E-state index contributed by atoms with van der Waals surface area (Å²) in [6, 6.07) is 42.2. The average molecular weight is 1590 g/mol. The smallest absolute Gasteiger partial charge is 0.249 e. The van der Waals surface area contributed by atoms with E-state index < -0.39 is 0 Å². The summed E-state index contributed by atoms with van der Waals surface area (Å²) in [6.45, 7) is 18.0. The number of likely N-dealkylation sites (N-methyl/N-ethyl adjacent to an activating group) is 1. The molecule has 116 heavy (non-hydrogen) atoms. The second-order valence-corrected chi connectivity index (χ2v) is 25.3. The predicted octanol–water partition coefficient (Wildman–Crippen LogP) is 8.93. The number of ether oxygens (including phenoxy) is 11. The molecule has 0 saturated carbocycles. The molecule has 12 N–H and O–H groups in total. The van der Waals surface area contributed by atoms with Crippen molar-refractivity contribution in [3.05, 3.63) is 164 Å². The quantitative estimate of drug-likeness (QED) is 0.0174. The number of pyridine rings is 4. The standard InChI is InChI=1S/C22H29N7O3.C20H25N7O3.C20H27N7O2.C16H18N6O3/c1-30-19-16-17(25-22-26-21(23)29(27-22)20-6-2-3-9-24-20)7-8-18(19)32-13-5-4-10-28-11-14-31-15-12-28;1-28-17-14-15(5-6-16(17)30-13-10-26-8-11-29-12-9-26)23-20-24-19(21)27(25-20)18-4-2-3-7-22-18;1-4-26(5-2)12-13-29-16-10-9-15(14-17(16)28-3)23-20-24-19(21)27(25-20)18-8-6-7-11-22-18;1-23-10-8-11(14(25-3)12(9-10)24-2)19-16-20-15(17)22(21-16)13-6-4-5-7-18-13/h2-3,6-9,16H,4-5,10-15H2,1H3,(H3,23,25,26,27);2-7,14H,8-13H2,1H3,(H3,21,23,24,25);6-11,14H,4-5,12-13H2,1-3H3,(H3,21,23,24,25);4-9H,1-3H3,(H3,17,19,20,21). The van der Waals surface area contributed by atoms with Gasteiger partial charge < -0.3 is 101 Å². The van der Waals surface area contributed by atoms with Crippen molar-refractivity contribution >= 4 is 70.3 Å². The van der Waals surface area contributed by atoms with E-state index >= 15 is 0 Å². The fraction of sp³-hybridized carbons (Fsp3) is 0.333. The van der Waals surface area contributed by atoms with Crippen molar-refractivity contribution in [3.8, 4) is 75.0 Å². The highest BCUT2D eigenvalue weighted by molar-refractivity contribution is 5.71. The molecule has 2 fully saturated rings. The number of hydrogen-bond acceptors (Lipinski definition) is 34. The summed E-state index contributed by atoms with van der Waals surface area (Å²) in [5.41, 5.74) is 26.7. The van der Waals surface area contributed by atoms with Crippen molar-refractivity contribution in [1.82, 2.24) is 93.7 Å². The fourth-order valence-electron chi connectivity index (χ4n) is 11.7. The average Bonchev–Trinajstić information content (AvgIpc) is 1.73. The van der Waals surface area contributed by atoms with Crippen molar-refractivity contribution in [2.75, 3.05) is 192 Å². The van der Waals surface area contributed by atoms with Crippen LogP contribution in [0.4, 0.5) is 70.3 Å². The number of morpholine rings is 2. The molecule has 612 valence electrons. The van der Waals surface area contributed by atoms with Crippen molar-refractivity contribution < 1.29 is 52.1 Å². The third-order valence-corrected chi connectivity index (χ3v) is 17.7. The highest BCUT2D eigenvalue weighted by atomic mass is 16.5. The molecule has 0 bridgehead atoms. The first kappa shape index (κ1) is 83.4. The van der Waals surface area contributed by atoms with Gasteiger partial charge in [0.15, 0.2) is 69.3 Å². The third kappa shape index (κ3) is 23.5. The molecule has 2 aliphatic heterocycles. The first-order chi connectivity index (χ1) is 56.7. The highest BCUT2D eigenvalue weighted by Gasteiger charge is 2.21. The Morgan fingerprint density at radius 2 is 0.750 bits per heavy atom. The summed E-state index contributed by atoms with van der Waals surface area (Å²) in [7, 11) is 9.51. The Kier molecular flexibility index (Phi) is 30.8. The zero-order valence-corrected chi connectivity index (χ0v) is 66.1. The molecular weight excluding hydrogens is 1490 g/mol. The summed E-state index contributed by atoms with van der Waals surface area (Å²) >= 11 is 0. The summed E-state index contributed by atoms with van der Waals surface area (Å²) in [6.07, 6.45) is 8.75. The minimum absolute atomic E-state index is 0.204. The number of nitrogens with one attached hydrogen (secondary N) is 4. The zero-order valence-electron chi connectivity index (χ0n) is 66.1. The van der Waals surface area contributed by atoms with Crippen LogP contribution in [0.3, 0.4) is 0 Å². The van der Waals surface area contributed by atoms with E-state index in [0.717, 1.165) is 115 Å². The Bertz CT molecular complexity index is 4950. The lowest BCUT2D eigenvalue weighted by Gasteiger charge is -2.26. The lowest BCUT2D eigenvalue weighted by atomic mass is 10.2. The van der Waals surface area contributed by atoms with E-state index in [0.29, 0.717) is 118 Å².